The van der Waals surface area contributed by atoms with E-state index < -0.39 is 11.9 Å². The zero-order valence-corrected chi connectivity index (χ0v) is 13.8. The molecule has 1 saturated carbocycles. The lowest BCUT2D eigenvalue weighted by Crippen LogP contribution is -2.36. The van der Waals surface area contributed by atoms with Crippen LogP contribution in [0.3, 0.4) is 0 Å². The minimum absolute atomic E-state index is 0.0463. The van der Waals surface area contributed by atoms with Gasteiger partial charge in [0.25, 0.3) is 0 Å². The van der Waals surface area contributed by atoms with Gasteiger partial charge in [0.2, 0.25) is 0 Å². The van der Waals surface area contributed by atoms with Crippen LogP contribution in [0.25, 0.3) is 0 Å². The van der Waals surface area contributed by atoms with E-state index in [1.54, 1.807) is 12.1 Å². The second-order valence-corrected chi connectivity index (χ2v) is 7.67. The molecule has 2 fully saturated rings. The molecule has 3 unspecified atom stereocenters. The number of esters is 3. The van der Waals surface area contributed by atoms with Crippen molar-refractivity contribution in [1.29, 1.82) is 0 Å². The van der Waals surface area contributed by atoms with E-state index >= 15 is 0 Å². The van der Waals surface area contributed by atoms with Gasteiger partial charge in [-0.25, -0.2) is 9.59 Å². The van der Waals surface area contributed by atoms with Gasteiger partial charge in [0.1, 0.15) is 0 Å². The van der Waals surface area contributed by atoms with E-state index in [4.69, 9.17) is 4.74 Å². The van der Waals surface area contributed by atoms with Crippen LogP contribution in [0.1, 0.15) is 59.4 Å². The number of carbonyl (C=O) groups is 3. The Bertz CT molecular complexity index is 748. The molecule has 0 radical (unpaired) electrons. The maximum Gasteiger partial charge on any atom is 0.346 e. The summed E-state index contributed by atoms with van der Waals surface area (Å²) < 4.78 is 9.90. The largest absolute Gasteiger partial charge is 0.465 e. The molecule has 0 N–H and O–H groups in total. The van der Waals surface area contributed by atoms with E-state index in [9.17, 15) is 14.4 Å². The molecule has 24 heavy (non-hydrogen) atoms. The Morgan fingerprint density at radius 2 is 1.79 bits per heavy atom. The fraction of sp³-hybridized carbons (Fsp3) is 0.526. The number of benzene rings is 1. The van der Waals surface area contributed by atoms with Crippen LogP contribution in [0.2, 0.25) is 0 Å². The molecule has 1 saturated heterocycles. The highest BCUT2D eigenvalue weighted by molar-refractivity contribution is 6.14. The summed E-state index contributed by atoms with van der Waals surface area (Å²) in [5.41, 5.74) is 1.58. The molecule has 3 aliphatic rings. The molecule has 0 amide bonds. The van der Waals surface area contributed by atoms with E-state index in [-0.39, 0.29) is 17.3 Å². The molecular weight excluding hydrogens is 308 g/mol. The van der Waals surface area contributed by atoms with Crippen molar-refractivity contribution in [3.05, 3.63) is 34.9 Å². The molecule has 4 rings (SSSR count). The van der Waals surface area contributed by atoms with Crippen molar-refractivity contribution in [3.8, 4) is 0 Å². The first kappa shape index (κ1) is 15.4. The van der Waals surface area contributed by atoms with E-state index in [1.165, 1.54) is 0 Å². The number of fused-ring (bicyclic) bond motifs is 2. The summed E-state index contributed by atoms with van der Waals surface area (Å²) in [7, 11) is 0. The Kier molecular flexibility index (Phi) is 3.31. The van der Waals surface area contributed by atoms with Crippen LogP contribution in [0.5, 0.6) is 0 Å². The molecule has 1 aromatic rings. The van der Waals surface area contributed by atoms with E-state index in [2.05, 4.69) is 18.6 Å². The van der Waals surface area contributed by atoms with Crippen LogP contribution < -0.4 is 0 Å². The van der Waals surface area contributed by atoms with Crippen molar-refractivity contribution in [1.82, 2.24) is 0 Å². The van der Waals surface area contributed by atoms with Crippen molar-refractivity contribution in [2.75, 3.05) is 6.61 Å². The number of cyclic esters (lactones) is 3. The smallest absolute Gasteiger partial charge is 0.346 e. The van der Waals surface area contributed by atoms with E-state index in [1.807, 2.05) is 6.07 Å². The molecule has 0 bridgehead atoms. The van der Waals surface area contributed by atoms with Gasteiger partial charge in [-0.3, -0.25) is 4.79 Å². The minimum atomic E-state index is -0.568. The number of rotatable bonds is 2. The van der Waals surface area contributed by atoms with Crippen LogP contribution in [-0.4, -0.2) is 24.5 Å². The van der Waals surface area contributed by atoms with Crippen LogP contribution in [0, 0.1) is 17.8 Å². The van der Waals surface area contributed by atoms with Gasteiger partial charge in [-0.05, 0) is 48.3 Å². The maximum absolute atomic E-state index is 11.8. The number of carbonyl (C=O) groups excluding carboxylic acids is 3. The first-order valence-electron chi connectivity index (χ1n) is 8.45. The molecule has 2 heterocycles. The maximum atomic E-state index is 11.8. The van der Waals surface area contributed by atoms with Crippen molar-refractivity contribution < 1.29 is 23.9 Å². The van der Waals surface area contributed by atoms with Crippen molar-refractivity contribution in [2.45, 2.75) is 38.5 Å². The van der Waals surface area contributed by atoms with Crippen LogP contribution in [0.15, 0.2) is 18.2 Å². The van der Waals surface area contributed by atoms with Gasteiger partial charge in [-0.2, -0.15) is 0 Å². The van der Waals surface area contributed by atoms with Gasteiger partial charge >= 0.3 is 17.9 Å². The first-order valence-corrected chi connectivity index (χ1v) is 8.45. The lowest BCUT2D eigenvalue weighted by molar-refractivity contribution is -0.141. The highest BCUT2D eigenvalue weighted by Crippen LogP contribution is 2.47. The molecule has 5 nitrogen and oxygen atoms in total. The van der Waals surface area contributed by atoms with E-state index in [0.29, 0.717) is 29.6 Å². The van der Waals surface area contributed by atoms with Crippen molar-refractivity contribution in [2.24, 2.45) is 17.8 Å². The van der Waals surface area contributed by atoms with Gasteiger partial charge < -0.3 is 9.47 Å². The Morgan fingerprint density at radius 1 is 1.04 bits per heavy atom. The van der Waals surface area contributed by atoms with Crippen LogP contribution in [-0.2, 0) is 19.7 Å². The molecule has 0 aromatic heterocycles. The highest BCUT2D eigenvalue weighted by atomic mass is 16.6. The molecule has 5 heteroatoms. The Morgan fingerprint density at radius 3 is 2.58 bits per heavy atom. The summed E-state index contributed by atoms with van der Waals surface area (Å²) in [5, 5.41) is 0. The quantitative estimate of drug-likeness (QED) is 0.617. The van der Waals surface area contributed by atoms with Gasteiger partial charge in [0.05, 0.1) is 23.7 Å². The zero-order chi connectivity index (χ0) is 17.1. The minimum Gasteiger partial charge on any atom is -0.465 e. The predicted octanol–water partition coefficient (Wildman–Crippen LogP) is 2.86. The monoisotopic (exact) mass is 328 g/mol. The summed E-state index contributed by atoms with van der Waals surface area (Å²) >= 11 is 0. The number of hydrogen-bond donors (Lipinski definition) is 0. The Hall–Kier alpha value is -2.17. The zero-order valence-electron chi connectivity index (χ0n) is 13.8. The third-order valence-electron chi connectivity index (χ3n) is 6.13. The summed E-state index contributed by atoms with van der Waals surface area (Å²) in [6.45, 7) is 4.86. The third kappa shape index (κ3) is 2.18. The molecular formula is C19H20O5. The lowest BCUT2D eigenvalue weighted by atomic mass is 9.63. The van der Waals surface area contributed by atoms with E-state index in [0.717, 1.165) is 24.8 Å². The van der Waals surface area contributed by atoms with Gasteiger partial charge in [-0.1, -0.05) is 19.9 Å². The molecule has 1 aliphatic carbocycles. The lowest BCUT2D eigenvalue weighted by Gasteiger charge is -2.40. The van der Waals surface area contributed by atoms with Crippen molar-refractivity contribution >= 4 is 17.9 Å². The molecule has 3 atom stereocenters. The average molecular weight is 328 g/mol. The third-order valence-corrected chi connectivity index (χ3v) is 6.13. The Balaban J connectivity index is 1.62. The summed E-state index contributed by atoms with van der Waals surface area (Å²) in [5.74, 6) is -0.414. The van der Waals surface area contributed by atoms with Crippen molar-refractivity contribution in [3.63, 3.8) is 0 Å². The fourth-order valence-corrected chi connectivity index (χ4v) is 4.43. The SMILES string of the molecule is CC(C)(c1ccc2c(c1)C(=O)OC2=O)C1CCC2C(=O)OCC2C1. The molecule has 0 spiro atoms. The predicted molar refractivity (Wildman–Crippen MR) is 84.5 cm³/mol. The molecule has 1 aromatic carbocycles. The van der Waals surface area contributed by atoms with Crippen LogP contribution >= 0.6 is 0 Å². The fourth-order valence-electron chi connectivity index (χ4n) is 4.43. The summed E-state index contributed by atoms with van der Waals surface area (Å²) in [4.78, 5) is 35.1. The number of hydrogen-bond acceptors (Lipinski definition) is 5. The first-order chi connectivity index (χ1) is 11.4. The second kappa shape index (κ2) is 5.16. The normalized spacial score (nSPS) is 29.1. The standard InChI is InChI=1S/C19H20O5/c1-19(2,11-3-5-13-10(7-11)9-23-16(13)20)12-4-6-14-15(8-12)18(22)24-17(14)21/h4,6,8,10-11,13H,3,5,7,9H2,1-2H3. The topological polar surface area (TPSA) is 69.7 Å². The van der Waals surface area contributed by atoms with Gasteiger partial charge in [-0.15, -0.1) is 0 Å². The van der Waals surface area contributed by atoms with Gasteiger partial charge in [0.15, 0.2) is 0 Å². The Labute approximate surface area is 140 Å². The van der Waals surface area contributed by atoms with Gasteiger partial charge in [0, 0.05) is 5.92 Å². The van der Waals surface area contributed by atoms with Crippen LogP contribution in [0.4, 0.5) is 0 Å². The molecule has 2 aliphatic heterocycles. The summed E-state index contributed by atoms with van der Waals surface area (Å²) in [6.07, 6.45) is 2.77. The molecule has 126 valence electrons. The second-order valence-electron chi connectivity index (χ2n) is 7.67. The number of ether oxygens (including phenoxy) is 2. The highest BCUT2D eigenvalue weighted by Gasteiger charge is 2.45. The average Bonchev–Trinajstić information content (AvgIpc) is 3.07. The summed E-state index contributed by atoms with van der Waals surface area (Å²) in [6, 6.07) is 5.40.